The highest BCUT2D eigenvalue weighted by molar-refractivity contribution is 7.92. The second-order valence-electron chi connectivity index (χ2n) is 3.21. The lowest BCUT2D eigenvalue weighted by Gasteiger charge is -2.04. The molecule has 0 bridgehead atoms. The van der Waals surface area contributed by atoms with Crippen molar-refractivity contribution >= 4 is 15.6 Å². The fourth-order valence-corrected chi connectivity index (χ4v) is 1.46. The summed E-state index contributed by atoms with van der Waals surface area (Å²) < 4.78 is 23.7. The lowest BCUT2D eigenvalue weighted by molar-refractivity contribution is 0.0986. The SMILES string of the molecule is CC(C(=O)c1ccn(C)n1)S(C)(=O)=O. The monoisotopic (exact) mass is 216 g/mol. The van der Waals surface area contributed by atoms with Crippen molar-refractivity contribution in [2.45, 2.75) is 12.2 Å². The number of aryl methyl sites for hydroxylation is 1. The van der Waals surface area contributed by atoms with Gasteiger partial charge in [-0.2, -0.15) is 5.10 Å². The summed E-state index contributed by atoms with van der Waals surface area (Å²) in [4.78, 5) is 11.5. The number of carbonyl (C=O) groups excluding carboxylic acids is 1. The van der Waals surface area contributed by atoms with Crippen LogP contribution in [0.1, 0.15) is 17.4 Å². The maximum atomic E-state index is 11.5. The van der Waals surface area contributed by atoms with Crippen molar-refractivity contribution in [3.63, 3.8) is 0 Å². The van der Waals surface area contributed by atoms with Gasteiger partial charge in [0.25, 0.3) is 0 Å². The van der Waals surface area contributed by atoms with Gasteiger partial charge in [0.2, 0.25) is 5.78 Å². The molecule has 0 fully saturated rings. The van der Waals surface area contributed by atoms with Crippen LogP contribution < -0.4 is 0 Å². The Morgan fingerprint density at radius 1 is 1.57 bits per heavy atom. The molecule has 1 heterocycles. The average molecular weight is 216 g/mol. The molecule has 0 radical (unpaired) electrons. The first kappa shape index (κ1) is 10.9. The van der Waals surface area contributed by atoms with Gasteiger partial charge in [-0.3, -0.25) is 9.48 Å². The van der Waals surface area contributed by atoms with Crippen LogP contribution in [0.15, 0.2) is 12.3 Å². The van der Waals surface area contributed by atoms with Gasteiger partial charge in [0.15, 0.2) is 9.84 Å². The number of rotatable bonds is 3. The molecule has 78 valence electrons. The molecule has 1 unspecified atom stereocenters. The topological polar surface area (TPSA) is 69.0 Å². The number of ketones is 1. The Bertz CT molecular complexity index is 447. The van der Waals surface area contributed by atoms with E-state index in [1.807, 2.05) is 0 Å². The lowest BCUT2D eigenvalue weighted by atomic mass is 10.2. The highest BCUT2D eigenvalue weighted by atomic mass is 32.2. The Morgan fingerprint density at radius 2 is 2.14 bits per heavy atom. The fourth-order valence-electron chi connectivity index (χ4n) is 0.949. The molecular formula is C8H12N2O3S. The van der Waals surface area contributed by atoms with E-state index >= 15 is 0 Å². The van der Waals surface area contributed by atoms with Gasteiger partial charge in [-0.05, 0) is 13.0 Å². The molecule has 1 rings (SSSR count). The van der Waals surface area contributed by atoms with Crippen molar-refractivity contribution in [2.75, 3.05) is 6.26 Å². The van der Waals surface area contributed by atoms with E-state index in [-0.39, 0.29) is 5.69 Å². The summed E-state index contributed by atoms with van der Waals surface area (Å²) in [6.45, 7) is 1.37. The van der Waals surface area contributed by atoms with E-state index < -0.39 is 20.9 Å². The standard InChI is InChI=1S/C8H12N2O3S/c1-6(14(3,12)13)8(11)7-4-5-10(2)9-7/h4-6H,1-3H3. The summed E-state index contributed by atoms with van der Waals surface area (Å²) in [5, 5.41) is 2.82. The average Bonchev–Trinajstić information content (AvgIpc) is 2.47. The fraction of sp³-hybridized carbons (Fsp3) is 0.500. The van der Waals surface area contributed by atoms with Crippen LogP contribution in [-0.2, 0) is 16.9 Å². The summed E-state index contributed by atoms with van der Waals surface area (Å²) in [5.74, 6) is -0.465. The van der Waals surface area contributed by atoms with E-state index in [2.05, 4.69) is 5.10 Å². The Labute approximate surface area is 82.7 Å². The molecule has 0 aliphatic heterocycles. The van der Waals surface area contributed by atoms with Gasteiger partial charge in [0.1, 0.15) is 10.9 Å². The van der Waals surface area contributed by atoms with Crippen molar-refractivity contribution in [1.82, 2.24) is 9.78 Å². The number of aromatic nitrogens is 2. The minimum atomic E-state index is -3.34. The highest BCUT2D eigenvalue weighted by Gasteiger charge is 2.26. The molecule has 0 aromatic carbocycles. The Kier molecular flexibility index (Phi) is 2.75. The van der Waals surface area contributed by atoms with Gasteiger partial charge in [0, 0.05) is 19.5 Å². The molecule has 6 heteroatoms. The second-order valence-corrected chi connectivity index (χ2v) is 5.58. The van der Waals surface area contributed by atoms with E-state index in [1.165, 1.54) is 17.7 Å². The minimum Gasteiger partial charge on any atom is -0.291 e. The summed E-state index contributed by atoms with van der Waals surface area (Å²) in [6, 6.07) is 1.50. The van der Waals surface area contributed by atoms with Crippen LogP contribution in [0.5, 0.6) is 0 Å². The lowest BCUT2D eigenvalue weighted by Crippen LogP contribution is -2.26. The second kappa shape index (κ2) is 3.53. The molecule has 0 saturated heterocycles. The third kappa shape index (κ3) is 2.20. The number of Topliss-reactive ketones (excluding diaryl/α,β-unsaturated/α-hetero) is 1. The number of hydrogen-bond acceptors (Lipinski definition) is 4. The molecule has 0 amide bonds. The highest BCUT2D eigenvalue weighted by Crippen LogP contribution is 2.06. The third-order valence-corrected chi connectivity index (χ3v) is 3.48. The van der Waals surface area contributed by atoms with Gasteiger partial charge in [0.05, 0.1) is 0 Å². The maximum absolute atomic E-state index is 11.5. The zero-order valence-electron chi connectivity index (χ0n) is 8.26. The predicted molar refractivity (Wildman–Crippen MR) is 51.8 cm³/mol. The first-order valence-corrected chi connectivity index (χ1v) is 6.00. The third-order valence-electron chi connectivity index (χ3n) is 1.98. The Hall–Kier alpha value is -1.17. The molecule has 0 aliphatic carbocycles. The molecule has 0 saturated carbocycles. The van der Waals surface area contributed by atoms with Gasteiger partial charge >= 0.3 is 0 Å². The van der Waals surface area contributed by atoms with Gasteiger partial charge in [-0.15, -0.1) is 0 Å². The molecular weight excluding hydrogens is 204 g/mol. The van der Waals surface area contributed by atoms with Crippen LogP contribution >= 0.6 is 0 Å². The van der Waals surface area contributed by atoms with E-state index in [0.717, 1.165) is 6.26 Å². The van der Waals surface area contributed by atoms with Crippen LogP contribution in [0.2, 0.25) is 0 Å². The normalized spacial score (nSPS) is 13.9. The number of hydrogen-bond donors (Lipinski definition) is 0. The van der Waals surface area contributed by atoms with Crippen molar-refractivity contribution in [3.05, 3.63) is 18.0 Å². The zero-order chi connectivity index (χ0) is 10.9. The number of carbonyl (C=O) groups is 1. The zero-order valence-corrected chi connectivity index (χ0v) is 9.08. The summed E-state index contributed by atoms with van der Waals surface area (Å²) in [6.07, 6.45) is 2.64. The molecule has 0 spiro atoms. The molecule has 0 N–H and O–H groups in total. The first-order chi connectivity index (χ1) is 6.32. The van der Waals surface area contributed by atoms with Crippen LogP contribution in [0.4, 0.5) is 0 Å². The van der Waals surface area contributed by atoms with E-state index in [9.17, 15) is 13.2 Å². The van der Waals surface area contributed by atoms with Crippen molar-refractivity contribution in [2.24, 2.45) is 7.05 Å². The molecule has 5 nitrogen and oxygen atoms in total. The number of sulfone groups is 1. The largest absolute Gasteiger partial charge is 0.291 e. The van der Waals surface area contributed by atoms with Gasteiger partial charge in [-0.1, -0.05) is 0 Å². The smallest absolute Gasteiger partial charge is 0.200 e. The van der Waals surface area contributed by atoms with Crippen molar-refractivity contribution < 1.29 is 13.2 Å². The minimum absolute atomic E-state index is 0.186. The van der Waals surface area contributed by atoms with E-state index in [1.54, 1.807) is 13.2 Å². The number of nitrogens with zero attached hydrogens (tertiary/aromatic N) is 2. The maximum Gasteiger partial charge on any atom is 0.200 e. The van der Waals surface area contributed by atoms with Crippen molar-refractivity contribution in [3.8, 4) is 0 Å². The summed E-state index contributed by atoms with van der Waals surface area (Å²) in [5.41, 5.74) is 0.186. The molecule has 1 atom stereocenters. The quantitative estimate of drug-likeness (QED) is 0.669. The molecule has 0 aliphatic rings. The van der Waals surface area contributed by atoms with E-state index in [0.29, 0.717) is 0 Å². The first-order valence-electron chi connectivity index (χ1n) is 4.05. The summed E-state index contributed by atoms with van der Waals surface area (Å²) >= 11 is 0. The molecule has 1 aromatic rings. The Morgan fingerprint density at radius 3 is 2.50 bits per heavy atom. The van der Waals surface area contributed by atoms with Crippen LogP contribution in [0.3, 0.4) is 0 Å². The van der Waals surface area contributed by atoms with Gasteiger partial charge in [-0.25, -0.2) is 8.42 Å². The van der Waals surface area contributed by atoms with E-state index in [4.69, 9.17) is 0 Å². The predicted octanol–water partition coefficient (Wildman–Crippen LogP) is 0.0359. The van der Waals surface area contributed by atoms with Gasteiger partial charge < -0.3 is 0 Å². The van der Waals surface area contributed by atoms with Crippen LogP contribution in [0, 0.1) is 0 Å². The van der Waals surface area contributed by atoms with Crippen LogP contribution in [-0.4, -0.2) is 35.5 Å². The molecule has 1 aromatic heterocycles. The molecule has 14 heavy (non-hydrogen) atoms. The van der Waals surface area contributed by atoms with Crippen molar-refractivity contribution in [1.29, 1.82) is 0 Å². The Balaban J connectivity index is 2.98. The van der Waals surface area contributed by atoms with Crippen LogP contribution in [0.25, 0.3) is 0 Å². The summed E-state index contributed by atoms with van der Waals surface area (Å²) in [7, 11) is -1.67.